The zero-order valence-electron chi connectivity index (χ0n) is 21.3. The summed E-state index contributed by atoms with van der Waals surface area (Å²) in [5, 5.41) is 19.3. The number of aryl methyl sites for hydroxylation is 2. The Morgan fingerprint density at radius 2 is 1.09 bits per heavy atom. The first-order valence-corrected chi connectivity index (χ1v) is 13.5. The fourth-order valence-corrected chi connectivity index (χ4v) is 4.76. The van der Waals surface area contributed by atoms with Gasteiger partial charge in [0.25, 0.3) is 0 Å². The lowest BCUT2D eigenvalue weighted by Gasteiger charge is -2.17. The Morgan fingerprint density at radius 3 is 1.47 bits per heavy atom. The van der Waals surface area contributed by atoms with Crippen molar-refractivity contribution in [3.8, 4) is 5.75 Å². The van der Waals surface area contributed by atoms with Crippen LogP contribution in [0.25, 0.3) is 0 Å². The van der Waals surface area contributed by atoms with Gasteiger partial charge in [0.15, 0.2) is 0 Å². The number of aliphatic carboxylic acids is 1. The number of unbranched alkanes of at least 4 members (excludes halogenated alkanes) is 15. The van der Waals surface area contributed by atoms with E-state index in [-0.39, 0.29) is 12.3 Å². The lowest BCUT2D eigenvalue weighted by Crippen LogP contribution is -2.07. The molecule has 0 aliphatic heterocycles. The minimum absolute atomic E-state index is 0.0390. The molecule has 2 N–H and O–H groups in total. The molecule has 1 atom stereocenters. The van der Waals surface area contributed by atoms with Crippen LogP contribution < -0.4 is 0 Å². The van der Waals surface area contributed by atoms with Crippen LogP contribution in [0.15, 0.2) is 12.1 Å². The fraction of sp³-hybridized carbons (Fsp3) is 0.759. The number of benzene rings is 1. The van der Waals surface area contributed by atoms with E-state index in [1.165, 1.54) is 96.3 Å². The molecular weight excluding hydrogens is 396 g/mol. The second-order valence-electron chi connectivity index (χ2n) is 9.89. The van der Waals surface area contributed by atoms with Gasteiger partial charge in [-0.3, -0.25) is 4.79 Å². The molecule has 0 aliphatic carbocycles. The Bertz CT molecular complexity index is 600. The van der Waals surface area contributed by atoms with Gasteiger partial charge in [-0.1, -0.05) is 122 Å². The summed E-state index contributed by atoms with van der Waals surface area (Å²) in [6, 6.07) is 3.92. The summed E-state index contributed by atoms with van der Waals surface area (Å²) in [6.07, 6.45) is 22.7. The van der Waals surface area contributed by atoms with Gasteiger partial charge in [-0.15, -0.1) is 0 Å². The molecule has 32 heavy (non-hydrogen) atoms. The van der Waals surface area contributed by atoms with Gasteiger partial charge in [-0.2, -0.15) is 0 Å². The molecule has 1 aromatic carbocycles. The summed E-state index contributed by atoms with van der Waals surface area (Å²) in [5.74, 6) is -0.378. The standard InChI is InChI=1S/C29H50O3/c1-4-5-6-7-8-9-10-11-12-13-14-15-16-17-18-19-20-26(23-28(30)31)27-21-24(2)29(32)25(3)22-27/h21-22,26,32H,4-20,23H2,1-3H3,(H,30,31). The highest BCUT2D eigenvalue weighted by Gasteiger charge is 2.17. The highest BCUT2D eigenvalue weighted by atomic mass is 16.4. The van der Waals surface area contributed by atoms with E-state index in [2.05, 4.69) is 6.92 Å². The summed E-state index contributed by atoms with van der Waals surface area (Å²) < 4.78 is 0. The number of carboxylic acids is 1. The van der Waals surface area contributed by atoms with E-state index in [0.717, 1.165) is 29.5 Å². The van der Waals surface area contributed by atoms with Gasteiger partial charge in [0.05, 0.1) is 6.42 Å². The van der Waals surface area contributed by atoms with E-state index >= 15 is 0 Å². The molecule has 1 aromatic rings. The van der Waals surface area contributed by atoms with Gasteiger partial charge in [-0.25, -0.2) is 0 Å². The minimum Gasteiger partial charge on any atom is -0.507 e. The smallest absolute Gasteiger partial charge is 0.303 e. The number of phenols is 1. The maximum absolute atomic E-state index is 11.3. The Hall–Kier alpha value is -1.51. The molecule has 0 amide bonds. The van der Waals surface area contributed by atoms with Crippen LogP contribution in [0.2, 0.25) is 0 Å². The number of hydrogen-bond acceptors (Lipinski definition) is 2. The maximum atomic E-state index is 11.3. The highest BCUT2D eigenvalue weighted by Crippen LogP contribution is 2.32. The number of carboxylic acid groups (broad SMARTS) is 1. The van der Waals surface area contributed by atoms with Gasteiger partial charge in [0, 0.05) is 0 Å². The van der Waals surface area contributed by atoms with Crippen LogP contribution in [-0.2, 0) is 4.79 Å². The first-order valence-electron chi connectivity index (χ1n) is 13.5. The van der Waals surface area contributed by atoms with Gasteiger partial charge in [0.2, 0.25) is 0 Å². The molecule has 0 aromatic heterocycles. The normalized spacial score (nSPS) is 12.2. The Kier molecular flexibility index (Phi) is 16.0. The van der Waals surface area contributed by atoms with Gasteiger partial charge in [0.1, 0.15) is 5.75 Å². The van der Waals surface area contributed by atoms with Crippen molar-refractivity contribution < 1.29 is 15.0 Å². The van der Waals surface area contributed by atoms with Crippen molar-refractivity contribution in [2.24, 2.45) is 0 Å². The first kappa shape index (κ1) is 28.5. The molecule has 0 saturated heterocycles. The molecule has 1 rings (SSSR count). The average molecular weight is 447 g/mol. The van der Waals surface area contributed by atoms with Gasteiger partial charge < -0.3 is 10.2 Å². The van der Waals surface area contributed by atoms with E-state index < -0.39 is 5.97 Å². The summed E-state index contributed by atoms with van der Waals surface area (Å²) in [7, 11) is 0. The van der Waals surface area contributed by atoms with Crippen LogP contribution in [0.5, 0.6) is 5.75 Å². The number of rotatable bonds is 20. The third-order valence-corrected chi connectivity index (χ3v) is 6.81. The average Bonchev–Trinajstić information content (AvgIpc) is 2.75. The Labute approximate surface area is 198 Å². The van der Waals surface area contributed by atoms with Crippen LogP contribution in [0.1, 0.15) is 145 Å². The molecule has 0 bridgehead atoms. The molecule has 1 unspecified atom stereocenters. The molecule has 0 fully saturated rings. The second kappa shape index (κ2) is 18.0. The lowest BCUT2D eigenvalue weighted by atomic mass is 9.88. The molecule has 0 saturated carbocycles. The number of hydrogen-bond donors (Lipinski definition) is 2. The molecular formula is C29H50O3. The van der Waals surface area contributed by atoms with Crippen molar-refractivity contribution in [2.75, 3.05) is 0 Å². The summed E-state index contributed by atoms with van der Waals surface area (Å²) in [6.45, 7) is 6.05. The topological polar surface area (TPSA) is 57.5 Å². The zero-order valence-corrected chi connectivity index (χ0v) is 21.3. The monoisotopic (exact) mass is 446 g/mol. The summed E-state index contributed by atoms with van der Waals surface area (Å²) in [4.78, 5) is 11.3. The largest absolute Gasteiger partial charge is 0.507 e. The first-order chi connectivity index (χ1) is 15.5. The van der Waals surface area contributed by atoms with E-state index in [1.807, 2.05) is 26.0 Å². The van der Waals surface area contributed by atoms with Crippen molar-refractivity contribution in [2.45, 2.75) is 142 Å². The minimum atomic E-state index is -0.741. The number of carbonyl (C=O) groups is 1. The van der Waals surface area contributed by atoms with Gasteiger partial charge >= 0.3 is 5.97 Å². The molecule has 184 valence electrons. The molecule has 0 spiro atoms. The summed E-state index contributed by atoms with van der Waals surface area (Å²) in [5.41, 5.74) is 2.73. The van der Waals surface area contributed by atoms with Crippen molar-refractivity contribution in [3.05, 3.63) is 28.8 Å². The van der Waals surface area contributed by atoms with E-state index in [4.69, 9.17) is 0 Å². The predicted molar refractivity (Wildman–Crippen MR) is 137 cm³/mol. The Balaban J connectivity index is 2.08. The molecule has 3 nitrogen and oxygen atoms in total. The lowest BCUT2D eigenvalue weighted by molar-refractivity contribution is -0.137. The second-order valence-corrected chi connectivity index (χ2v) is 9.89. The quantitative estimate of drug-likeness (QED) is 0.196. The van der Waals surface area contributed by atoms with E-state index in [0.29, 0.717) is 5.75 Å². The van der Waals surface area contributed by atoms with Crippen molar-refractivity contribution in [1.82, 2.24) is 0 Å². The van der Waals surface area contributed by atoms with E-state index in [9.17, 15) is 15.0 Å². The zero-order chi connectivity index (χ0) is 23.6. The van der Waals surface area contributed by atoms with Crippen molar-refractivity contribution in [1.29, 1.82) is 0 Å². The van der Waals surface area contributed by atoms with Crippen LogP contribution in [0.4, 0.5) is 0 Å². The number of phenolic OH excluding ortho intramolecular Hbond substituents is 1. The van der Waals surface area contributed by atoms with Crippen LogP contribution in [0.3, 0.4) is 0 Å². The molecule has 3 heteroatoms. The van der Waals surface area contributed by atoms with E-state index in [1.54, 1.807) is 0 Å². The SMILES string of the molecule is CCCCCCCCCCCCCCCCCCC(CC(=O)O)c1cc(C)c(O)c(C)c1. The number of aromatic hydroxyl groups is 1. The third-order valence-electron chi connectivity index (χ3n) is 6.81. The van der Waals surface area contributed by atoms with Crippen molar-refractivity contribution >= 4 is 5.97 Å². The summed E-state index contributed by atoms with van der Waals surface area (Å²) >= 11 is 0. The molecule has 0 radical (unpaired) electrons. The molecule has 0 heterocycles. The fourth-order valence-electron chi connectivity index (χ4n) is 4.76. The molecule has 0 aliphatic rings. The Morgan fingerprint density at radius 1 is 0.719 bits per heavy atom. The van der Waals surface area contributed by atoms with Crippen molar-refractivity contribution in [3.63, 3.8) is 0 Å². The van der Waals surface area contributed by atoms with Crippen LogP contribution in [-0.4, -0.2) is 16.2 Å². The van der Waals surface area contributed by atoms with Crippen LogP contribution in [0, 0.1) is 13.8 Å². The van der Waals surface area contributed by atoms with Crippen LogP contribution >= 0.6 is 0 Å². The van der Waals surface area contributed by atoms with Gasteiger partial charge in [-0.05, 0) is 42.9 Å². The maximum Gasteiger partial charge on any atom is 0.303 e. The predicted octanol–water partition coefficient (Wildman–Crippen LogP) is 9.22. The highest BCUT2D eigenvalue weighted by molar-refractivity contribution is 5.68. The third kappa shape index (κ3) is 13.1.